The van der Waals surface area contributed by atoms with Gasteiger partial charge in [-0.15, -0.1) is 0 Å². The van der Waals surface area contributed by atoms with Crippen LogP contribution in [0.1, 0.15) is 68.0 Å². The van der Waals surface area contributed by atoms with Gasteiger partial charge >= 0.3 is 0 Å². The lowest BCUT2D eigenvalue weighted by molar-refractivity contribution is 0.0693. The number of imide groups is 1. The van der Waals surface area contributed by atoms with E-state index in [-0.39, 0.29) is 30.0 Å². The molecule has 6 heteroatoms. The van der Waals surface area contributed by atoms with Gasteiger partial charge in [-0.2, -0.15) is 0 Å². The van der Waals surface area contributed by atoms with Crippen molar-refractivity contribution in [3.8, 4) is 0 Å². The maximum atomic E-state index is 12.4. The van der Waals surface area contributed by atoms with E-state index < -0.39 is 5.91 Å². The zero-order chi connectivity index (χ0) is 19.7. The molecule has 0 aliphatic carbocycles. The van der Waals surface area contributed by atoms with Crippen molar-refractivity contribution in [1.82, 2.24) is 10.2 Å². The van der Waals surface area contributed by atoms with Crippen LogP contribution in [-0.4, -0.2) is 36.2 Å². The van der Waals surface area contributed by atoms with Crippen molar-refractivity contribution in [1.29, 1.82) is 0 Å². The Bertz CT molecular complexity index is 903. The summed E-state index contributed by atoms with van der Waals surface area (Å²) in [6.45, 7) is 4.52. The number of carbonyl (C=O) groups is 3. The number of benzene rings is 2. The maximum absolute atomic E-state index is 12.4. The van der Waals surface area contributed by atoms with Gasteiger partial charge in [-0.3, -0.25) is 19.3 Å². The highest BCUT2D eigenvalue weighted by Crippen LogP contribution is 2.23. The molecule has 3 rings (SSSR count). The molecule has 0 fully saturated rings. The minimum absolute atomic E-state index is 0.253. The van der Waals surface area contributed by atoms with Crippen LogP contribution >= 0.6 is 0 Å². The monoisotopic (exact) mass is 365 g/mol. The molecular formula is C21H23N3O3. The van der Waals surface area contributed by atoms with E-state index in [0.29, 0.717) is 17.0 Å². The number of rotatable bonds is 5. The van der Waals surface area contributed by atoms with Gasteiger partial charge in [0.15, 0.2) is 0 Å². The summed E-state index contributed by atoms with van der Waals surface area (Å²) in [4.78, 5) is 37.4. The normalized spacial score (nSPS) is 14.5. The number of fused-ring (bicyclic) bond motifs is 1. The van der Waals surface area contributed by atoms with Crippen molar-refractivity contribution >= 4 is 17.7 Å². The van der Waals surface area contributed by atoms with E-state index in [0.717, 1.165) is 10.5 Å². The molecule has 1 atom stereocenters. The molecule has 140 valence electrons. The molecular weight excluding hydrogens is 342 g/mol. The molecule has 0 saturated carbocycles. The van der Waals surface area contributed by atoms with Gasteiger partial charge in [0.1, 0.15) is 0 Å². The molecule has 0 spiro atoms. The van der Waals surface area contributed by atoms with Crippen LogP contribution in [0.3, 0.4) is 0 Å². The second-order valence-corrected chi connectivity index (χ2v) is 7.07. The topological polar surface area (TPSA) is 92.5 Å². The van der Waals surface area contributed by atoms with Crippen LogP contribution in [-0.2, 0) is 0 Å². The summed E-state index contributed by atoms with van der Waals surface area (Å²) in [7, 11) is 1.42. The number of nitrogens with zero attached hydrogens (tertiary/aromatic N) is 1. The zero-order valence-corrected chi connectivity index (χ0v) is 15.7. The highest BCUT2D eigenvalue weighted by Gasteiger charge is 2.33. The van der Waals surface area contributed by atoms with Gasteiger partial charge in [-0.05, 0) is 35.2 Å². The Labute approximate surface area is 158 Å². The Morgan fingerprint density at radius 3 is 2.22 bits per heavy atom. The highest BCUT2D eigenvalue weighted by molar-refractivity contribution is 6.21. The molecule has 0 saturated heterocycles. The molecule has 3 N–H and O–H groups in total. The average molecular weight is 365 g/mol. The van der Waals surface area contributed by atoms with E-state index in [2.05, 4.69) is 19.2 Å². The third-order valence-electron chi connectivity index (χ3n) is 4.87. The molecule has 27 heavy (non-hydrogen) atoms. The molecule has 3 amide bonds. The van der Waals surface area contributed by atoms with E-state index in [4.69, 9.17) is 5.73 Å². The Morgan fingerprint density at radius 2 is 1.59 bits per heavy atom. The average Bonchev–Trinajstić information content (AvgIpc) is 2.89. The lowest BCUT2D eigenvalue weighted by Gasteiger charge is -2.15. The van der Waals surface area contributed by atoms with Gasteiger partial charge in [0.05, 0.1) is 11.1 Å². The first kappa shape index (κ1) is 18.8. The van der Waals surface area contributed by atoms with Crippen LogP contribution in [0, 0.1) is 0 Å². The predicted molar refractivity (Wildman–Crippen MR) is 103 cm³/mol. The molecule has 1 aliphatic rings. The number of carbonyl (C=O) groups excluding carboxylic acids is 3. The third kappa shape index (κ3) is 3.61. The van der Waals surface area contributed by atoms with Crippen molar-refractivity contribution in [2.45, 2.75) is 25.8 Å². The first-order chi connectivity index (χ1) is 12.8. The van der Waals surface area contributed by atoms with Crippen molar-refractivity contribution in [2.75, 3.05) is 13.6 Å². The van der Waals surface area contributed by atoms with Crippen LogP contribution in [0.4, 0.5) is 0 Å². The number of nitrogens with one attached hydrogen (secondary N) is 1. The van der Waals surface area contributed by atoms with Crippen molar-refractivity contribution in [3.63, 3.8) is 0 Å². The first-order valence-electron chi connectivity index (χ1n) is 8.89. The summed E-state index contributed by atoms with van der Waals surface area (Å²) in [6, 6.07) is 12.2. The Hall–Kier alpha value is -2.99. The fourth-order valence-corrected chi connectivity index (χ4v) is 3.05. The zero-order valence-electron chi connectivity index (χ0n) is 15.7. The van der Waals surface area contributed by atoms with E-state index >= 15 is 0 Å². The maximum Gasteiger partial charge on any atom is 0.261 e. The standard InChI is InChI=1S/C21H23N3O3/c1-12(2)13-4-6-14(7-5-13)18(22)11-23-19(25)15-8-9-16-17(10-15)21(27)24(3)20(16)26/h4-10,12,18H,11,22H2,1-3H3,(H,23,25). The lowest BCUT2D eigenvalue weighted by Crippen LogP contribution is -2.32. The summed E-state index contributed by atoms with van der Waals surface area (Å²) < 4.78 is 0. The number of hydrogen-bond acceptors (Lipinski definition) is 4. The quantitative estimate of drug-likeness (QED) is 0.796. The fourth-order valence-electron chi connectivity index (χ4n) is 3.05. The molecule has 6 nitrogen and oxygen atoms in total. The molecule has 2 aromatic carbocycles. The van der Waals surface area contributed by atoms with Crippen LogP contribution in [0.25, 0.3) is 0 Å². The smallest absolute Gasteiger partial charge is 0.261 e. The molecule has 0 bridgehead atoms. The SMILES string of the molecule is CC(C)c1ccc(C(N)CNC(=O)c2ccc3c(c2)C(=O)N(C)C3=O)cc1. The minimum atomic E-state index is -0.397. The van der Waals surface area contributed by atoms with E-state index in [1.54, 1.807) is 6.07 Å². The summed E-state index contributed by atoms with van der Waals surface area (Å²) in [5.74, 6) is -0.634. The summed E-state index contributed by atoms with van der Waals surface area (Å²) in [5, 5.41) is 2.79. The lowest BCUT2D eigenvalue weighted by atomic mass is 9.99. The predicted octanol–water partition coefficient (Wildman–Crippen LogP) is 2.47. The largest absolute Gasteiger partial charge is 0.350 e. The van der Waals surface area contributed by atoms with Crippen molar-refractivity contribution in [2.24, 2.45) is 5.73 Å². The van der Waals surface area contributed by atoms with Gasteiger partial charge in [0.2, 0.25) is 0 Å². The molecule has 1 unspecified atom stereocenters. The number of nitrogens with two attached hydrogens (primary N) is 1. The molecule has 2 aromatic rings. The number of amides is 3. The Kier molecular flexibility index (Phi) is 5.10. The van der Waals surface area contributed by atoms with Crippen LogP contribution in [0.5, 0.6) is 0 Å². The molecule has 1 aliphatic heterocycles. The van der Waals surface area contributed by atoms with Gasteiger partial charge in [-0.1, -0.05) is 38.1 Å². The first-order valence-corrected chi connectivity index (χ1v) is 8.89. The number of hydrogen-bond donors (Lipinski definition) is 2. The van der Waals surface area contributed by atoms with Gasteiger partial charge in [0.25, 0.3) is 17.7 Å². The summed E-state index contributed by atoms with van der Waals surface area (Å²) in [6.07, 6.45) is 0. The molecule has 0 aromatic heterocycles. The second kappa shape index (κ2) is 7.32. The van der Waals surface area contributed by atoms with Crippen molar-refractivity contribution < 1.29 is 14.4 Å². The minimum Gasteiger partial charge on any atom is -0.350 e. The Morgan fingerprint density at radius 1 is 1.00 bits per heavy atom. The van der Waals surface area contributed by atoms with Gasteiger partial charge < -0.3 is 11.1 Å². The second-order valence-electron chi connectivity index (χ2n) is 7.07. The van der Waals surface area contributed by atoms with Crippen LogP contribution in [0.15, 0.2) is 42.5 Å². The van der Waals surface area contributed by atoms with Gasteiger partial charge in [-0.25, -0.2) is 0 Å². The van der Waals surface area contributed by atoms with E-state index in [1.165, 1.54) is 24.7 Å². The van der Waals surface area contributed by atoms with E-state index in [1.807, 2.05) is 24.3 Å². The fraction of sp³-hybridized carbons (Fsp3) is 0.286. The summed E-state index contributed by atoms with van der Waals surface area (Å²) in [5.41, 5.74) is 9.25. The third-order valence-corrected chi connectivity index (χ3v) is 4.87. The van der Waals surface area contributed by atoms with E-state index in [9.17, 15) is 14.4 Å². The summed E-state index contributed by atoms with van der Waals surface area (Å²) >= 11 is 0. The molecule has 1 heterocycles. The van der Waals surface area contributed by atoms with Gasteiger partial charge in [0, 0.05) is 25.2 Å². The van der Waals surface area contributed by atoms with Crippen molar-refractivity contribution in [3.05, 3.63) is 70.3 Å². The Balaban J connectivity index is 1.66. The van der Waals surface area contributed by atoms with Crippen LogP contribution < -0.4 is 11.1 Å². The van der Waals surface area contributed by atoms with Crippen LogP contribution in [0.2, 0.25) is 0 Å². The molecule has 0 radical (unpaired) electrons. The highest BCUT2D eigenvalue weighted by atomic mass is 16.2.